The van der Waals surface area contributed by atoms with E-state index in [-0.39, 0.29) is 37.0 Å². The first-order valence-electron chi connectivity index (χ1n) is 11.5. The van der Waals surface area contributed by atoms with Crippen molar-refractivity contribution < 1.29 is 45.0 Å². The summed E-state index contributed by atoms with van der Waals surface area (Å²) in [5.74, 6) is -3.84. The van der Waals surface area contributed by atoms with E-state index in [0.717, 1.165) is 11.1 Å². The van der Waals surface area contributed by atoms with E-state index in [4.69, 9.17) is 5.11 Å². The summed E-state index contributed by atoms with van der Waals surface area (Å²) in [5, 5.41) is 61.8. The van der Waals surface area contributed by atoms with Crippen LogP contribution in [0.4, 0.5) is 0 Å². The van der Waals surface area contributed by atoms with Crippen molar-refractivity contribution in [2.45, 2.75) is 81.5 Å². The Hall–Kier alpha value is -2.23. The van der Waals surface area contributed by atoms with E-state index in [9.17, 15) is 39.9 Å². The summed E-state index contributed by atoms with van der Waals surface area (Å²) < 4.78 is 0. The predicted molar refractivity (Wildman–Crippen MR) is 114 cm³/mol. The van der Waals surface area contributed by atoms with Crippen LogP contribution in [0.2, 0.25) is 0 Å². The van der Waals surface area contributed by atoms with Gasteiger partial charge in [0.05, 0.1) is 24.9 Å². The Kier molecular flexibility index (Phi) is 5.54. The van der Waals surface area contributed by atoms with E-state index in [0.29, 0.717) is 25.7 Å². The highest BCUT2D eigenvalue weighted by Crippen LogP contribution is 2.68. The zero-order valence-corrected chi connectivity index (χ0v) is 18.7. The topological polar surface area (TPSA) is 173 Å². The molecule has 0 aromatic rings. The third-order valence-electron chi connectivity index (χ3n) is 9.04. The minimum Gasteiger partial charge on any atom is -0.481 e. The number of carboxylic acids is 3. The van der Waals surface area contributed by atoms with Crippen molar-refractivity contribution in [2.24, 2.45) is 23.2 Å². The van der Waals surface area contributed by atoms with Crippen LogP contribution < -0.4 is 0 Å². The molecule has 9 heteroatoms. The summed E-state index contributed by atoms with van der Waals surface area (Å²) in [6, 6.07) is 0. The summed E-state index contributed by atoms with van der Waals surface area (Å²) in [5.41, 5.74) is -4.52. The van der Waals surface area contributed by atoms with Crippen LogP contribution in [-0.2, 0) is 14.4 Å². The molecule has 7 atom stereocenters. The molecule has 6 N–H and O–H groups in total. The fourth-order valence-corrected chi connectivity index (χ4v) is 7.60. The van der Waals surface area contributed by atoms with Gasteiger partial charge < -0.3 is 30.6 Å². The molecule has 0 amide bonds. The first kappa shape index (κ1) is 23.9. The van der Waals surface area contributed by atoms with Gasteiger partial charge in [0.2, 0.25) is 0 Å². The number of hydrogen-bond donors (Lipinski definition) is 6. The minimum atomic E-state index is -2.07. The van der Waals surface area contributed by atoms with Gasteiger partial charge in [0.1, 0.15) is 11.2 Å². The van der Waals surface area contributed by atoms with E-state index in [1.807, 2.05) is 6.08 Å². The third kappa shape index (κ3) is 3.61. The highest BCUT2D eigenvalue weighted by molar-refractivity contribution is 5.72. The van der Waals surface area contributed by atoms with Crippen molar-refractivity contribution in [3.05, 3.63) is 23.3 Å². The zero-order valence-electron chi connectivity index (χ0n) is 18.7. The molecule has 0 spiro atoms. The summed E-state index contributed by atoms with van der Waals surface area (Å²) in [6.45, 7) is 1.78. The molecule has 182 valence electrons. The van der Waals surface area contributed by atoms with Gasteiger partial charge in [0.15, 0.2) is 0 Å². The van der Waals surface area contributed by atoms with Gasteiger partial charge in [-0.3, -0.25) is 14.4 Å². The second-order valence-electron chi connectivity index (χ2n) is 10.8. The van der Waals surface area contributed by atoms with Gasteiger partial charge in [-0.25, -0.2) is 0 Å². The maximum Gasteiger partial charge on any atom is 0.306 e. The molecule has 33 heavy (non-hydrogen) atoms. The Morgan fingerprint density at radius 3 is 2.21 bits per heavy atom. The molecule has 0 radical (unpaired) electrons. The Bertz CT molecular complexity index is 954. The summed E-state index contributed by atoms with van der Waals surface area (Å²) in [6.07, 6.45) is 4.26. The molecule has 0 heterocycles. The second-order valence-corrected chi connectivity index (χ2v) is 10.8. The normalized spacial score (nSPS) is 44.1. The number of aliphatic hydroxyl groups is 3. The van der Waals surface area contributed by atoms with Crippen LogP contribution >= 0.6 is 0 Å². The highest BCUT2D eigenvalue weighted by Gasteiger charge is 2.72. The molecule has 0 aromatic carbocycles. The van der Waals surface area contributed by atoms with Crippen molar-refractivity contribution in [3.8, 4) is 0 Å². The standard InChI is InChI=1S/C24H32O9/c1-21-6-4-15-14-5-7-22(31,10-18(25)26)8-13(14)2-3-16(15)17(21)9-23(32,11-19(27)28)24(21,33)12-20(29)30/h5,8,15-17,31-33H,2-4,6-7,9-12H2,1H3,(H,25,26)(H,27,28)(H,29,30)/t15-,16-,17+,21+,22?,23+,24-/m1/s1. The quantitative estimate of drug-likeness (QED) is 0.342. The van der Waals surface area contributed by atoms with Crippen LogP contribution in [0.5, 0.6) is 0 Å². The maximum atomic E-state index is 11.7. The molecule has 4 aliphatic carbocycles. The van der Waals surface area contributed by atoms with E-state index in [1.165, 1.54) is 0 Å². The van der Waals surface area contributed by atoms with Crippen molar-refractivity contribution in [1.29, 1.82) is 0 Å². The number of carboxylic acid groups (broad SMARTS) is 3. The molecule has 0 bridgehead atoms. The van der Waals surface area contributed by atoms with Gasteiger partial charge >= 0.3 is 17.9 Å². The van der Waals surface area contributed by atoms with Crippen LogP contribution in [0.1, 0.15) is 64.7 Å². The van der Waals surface area contributed by atoms with Gasteiger partial charge in [-0.15, -0.1) is 0 Å². The molecule has 0 aromatic heterocycles. The molecular formula is C24H32O9. The summed E-state index contributed by atoms with van der Waals surface area (Å²) in [7, 11) is 0. The number of carbonyl (C=O) groups is 3. The van der Waals surface area contributed by atoms with Gasteiger partial charge in [0, 0.05) is 5.41 Å². The van der Waals surface area contributed by atoms with Crippen LogP contribution in [0, 0.1) is 23.2 Å². The van der Waals surface area contributed by atoms with Gasteiger partial charge in [-0.05, 0) is 73.5 Å². The van der Waals surface area contributed by atoms with E-state index >= 15 is 0 Å². The Morgan fingerprint density at radius 1 is 0.970 bits per heavy atom. The first-order chi connectivity index (χ1) is 15.2. The van der Waals surface area contributed by atoms with Crippen molar-refractivity contribution in [3.63, 3.8) is 0 Å². The molecule has 9 nitrogen and oxygen atoms in total. The molecule has 0 saturated heterocycles. The van der Waals surface area contributed by atoms with Gasteiger partial charge in [-0.2, -0.15) is 0 Å². The largest absolute Gasteiger partial charge is 0.481 e. The minimum absolute atomic E-state index is 0.00995. The van der Waals surface area contributed by atoms with Crippen LogP contribution in [0.15, 0.2) is 23.3 Å². The lowest BCUT2D eigenvalue weighted by molar-refractivity contribution is -0.204. The van der Waals surface area contributed by atoms with Crippen LogP contribution in [0.25, 0.3) is 0 Å². The highest BCUT2D eigenvalue weighted by atomic mass is 16.4. The number of rotatable bonds is 6. The molecular weight excluding hydrogens is 432 g/mol. The van der Waals surface area contributed by atoms with Gasteiger partial charge in [-0.1, -0.05) is 13.0 Å². The van der Waals surface area contributed by atoms with Crippen molar-refractivity contribution in [2.75, 3.05) is 0 Å². The smallest absolute Gasteiger partial charge is 0.306 e. The molecule has 4 rings (SSSR count). The lowest BCUT2D eigenvalue weighted by Gasteiger charge is -2.54. The number of fused-ring (bicyclic) bond motifs is 5. The SMILES string of the molecule is C[C@]12CC[C@@H]3C4=CCC(O)(CC(=O)O)C=C4CC[C@H]3[C@@H]1C[C@](O)(CC(=O)O)[C@@]2(O)CC(=O)O. The van der Waals surface area contributed by atoms with E-state index in [2.05, 4.69) is 0 Å². The Labute approximate surface area is 191 Å². The third-order valence-corrected chi connectivity index (χ3v) is 9.04. The summed E-state index contributed by atoms with van der Waals surface area (Å²) in [4.78, 5) is 34.4. The number of hydrogen-bond acceptors (Lipinski definition) is 6. The fraction of sp³-hybridized carbons (Fsp3) is 0.708. The fourth-order valence-electron chi connectivity index (χ4n) is 7.60. The van der Waals surface area contributed by atoms with Gasteiger partial charge in [0.25, 0.3) is 0 Å². The second kappa shape index (κ2) is 7.65. The predicted octanol–water partition coefficient (Wildman–Crippen LogP) is 1.71. The van der Waals surface area contributed by atoms with Crippen LogP contribution in [-0.4, -0.2) is 65.4 Å². The number of allylic oxidation sites excluding steroid dienone is 2. The molecule has 4 aliphatic rings. The zero-order chi connectivity index (χ0) is 24.4. The lowest BCUT2D eigenvalue weighted by Crippen LogP contribution is -2.61. The summed E-state index contributed by atoms with van der Waals surface area (Å²) >= 11 is 0. The molecule has 3 saturated carbocycles. The molecule has 3 fully saturated rings. The van der Waals surface area contributed by atoms with E-state index in [1.54, 1.807) is 13.0 Å². The monoisotopic (exact) mass is 464 g/mol. The lowest BCUT2D eigenvalue weighted by atomic mass is 9.51. The maximum absolute atomic E-state index is 11.7. The average molecular weight is 465 g/mol. The Morgan fingerprint density at radius 2 is 1.61 bits per heavy atom. The average Bonchev–Trinajstić information content (AvgIpc) is 2.83. The molecule has 0 aliphatic heterocycles. The van der Waals surface area contributed by atoms with Crippen molar-refractivity contribution >= 4 is 17.9 Å². The van der Waals surface area contributed by atoms with Crippen LogP contribution in [0.3, 0.4) is 0 Å². The molecule has 1 unspecified atom stereocenters. The number of aliphatic carboxylic acids is 3. The van der Waals surface area contributed by atoms with E-state index < -0.39 is 53.0 Å². The van der Waals surface area contributed by atoms with Crippen molar-refractivity contribution in [1.82, 2.24) is 0 Å². The first-order valence-corrected chi connectivity index (χ1v) is 11.5. The Balaban J connectivity index is 1.68.